The van der Waals surface area contributed by atoms with Crippen molar-refractivity contribution in [3.63, 3.8) is 0 Å². The number of hydrogen-bond acceptors (Lipinski definition) is 3. The number of anilines is 1. The van der Waals surface area contributed by atoms with Crippen LogP contribution in [0.2, 0.25) is 0 Å². The second kappa shape index (κ2) is 9.16. The molecule has 0 aliphatic heterocycles. The molecule has 3 nitrogen and oxygen atoms in total. The van der Waals surface area contributed by atoms with E-state index in [0.717, 1.165) is 28.3 Å². The van der Waals surface area contributed by atoms with E-state index in [1.54, 1.807) is 0 Å². The highest BCUT2D eigenvalue weighted by molar-refractivity contribution is 5.93. The molecule has 1 N–H and O–H groups in total. The molecule has 146 valence electrons. The number of para-hydroxylation sites is 1. The SMILES string of the molecule is CCOc1cccc(CNc2cccc3ccccc23)c1OCc1ccccc1. The highest BCUT2D eigenvalue weighted by Gasteiger charge is 2.12. The normalized spacial score (nSPS) is 10.7. The molecule has 0 aliphatic carbocycles. The molecule has 0 aromatic heterocycles. The maximum absolute atomic E-state index is 6.22. The van der Waals surface area contributed by atoms with Gasteiger partial charge < -0.3 is 14.8 Å². The Bertz CT molecular complexity index is 1070. The van der Waals surface area contributed by atoms with Crippen LogP contribution in [0.1, 0.15) is 18.1 Å². The van der Waals surface area contributed by atoms with Crippen LogP contribution in [0.5, 0.6) is 11.5 Å². The van der Waals surface area contributed by atoms with Gasteiger partial charge in [-0.2, -0.15) is 0 Å². The van der Waals surface area contributed by atoms with Gasteiger partial charge in [-0.05, 0) is 30.0 Å². The molecular weight excluding hydrogens is 358 g/mol. The predicted octanol–water partition coefficient (Wildman–Crippen LogP) is 6.43. The summed E-state index contributed by atoms with van der Waals surface area (Å²) in [5.74, 6) is 1.58. The highest BCUT2D eigenvalue weighted by Crippen LogP contribution is 2.33. The molecule has 0 saturated heterocycles. The molecule has 4 rings (SSSR count). The Balaban J connectivity index is 1.58. The van der Waals surface area contributed by atoms with E-state index >= 15 is 0 Å². The summed E-state index contributed by atoms with van der Waals surface area (Å²) in [6.45, 7) is 3.75. The van der Waals surface area contributed by atoms with Crippen molar-refractivity contribution in [3.8, 4) is 11.5 Å². The molecule has 3 heteroatoms. The summed E-state index contributed by atoms with van der Waals surface area (Å²) in [5.41, 5.74) is 3.31. The van der Waals surface area contributed by atoms with Crippen LogP contribution in [0.25, 0.3) is 10.8 Å². The predicted molar refractivity (Wildman–Crippen MR) is 120 cm³/mol. The Morgan fingerprint density at radius 3 is 2.34 bits per heavy atom. The third-order valence-corrected chi connectivity index (χ3v) is 4.85. The molecule has 0 amide bonds. The first kappa shape index (κ1) is 18.9. The summed E-state index contributed by atoms with van der Waals surface area (Å²) >= 11 is 0. The van der Waals surface area contributed by atoms with Crippen LogP contribution in [0.4, 0.5) is 5.69 Å². The molecule has 4 aromatic rings. The lowest BCUT2D eigenvalue weighted by Gasteiger charge is -2.17. The lowest BCUT2D eigenvalue weighted by Crippen LogP contribution is -2.06. The molecule has 0 aliphatic rings. The average Bonchev–Trinajstić information content (AvgIpc) is 2.78. The maximum atomic E-state index is 6.22. The van der Waals surface area contributed by atoms with Gasteiger partial charge in [-0.1, -0.05) is 78.9 Å². The van der Waals surface area contributed by atoms with E-state index in [4.69, 9.17) is 9.47 Å². The third-order valence-electron chi connectivity index (χ3n) is 4.85. The van der Waals surface area contributed by atoms with Crippen molar-refractivity contribution in [2.45, 2.75) is 20.1 Å². The van der Waals surface area contributed by atoms with Crippen LogP contribution in [0.3, 0.4) is 0 Å². The first-order chi connectivity index (χ1) is 14.3. The quantitative estimate of drug-likeness (QED) is 0.380. The van der Waals surface area contributed by atoms with Gasteiger partial charge in [0.05, 0.1) is 6.61 Å². The van der Waals surface area contributed by atoms with Gasteiger partial charge in [0.15, 0.2) is 11.5 Å². The molecule has 29 heavy (non-hydrogen) atoms. The summed E-state index contributed by atoms with van der Waals surface area (Å²) in [6, 6.07) is 31.0. The largest absolute Gasteiger partial charge is 0.490 e. The van der Waals surface area contributed by atoms with Gasteiger partial charge >= 0.3 is 0 Å². The molecule has 0 spiro atoms. The van der Waals surface area contributed by atoms with Crippen molar-refractivity contribution >= 4 is 16.5 Å². The van der Waals surface area contributed by atoms with Crippen LogP contribution in [0, 0.1) is 0 Å². The lowest BCUT2D eigenvalue weighted by molar-refractivity contribution is 0.267. The molecule has 0 bridgehead atoms. The smallest absolute Gasteiger partial charge is 0.166 e. The standard InChI is InChI=1S/C26H25NO2/c1-2-28-25-17-9-14-22(26(25)29-19-20-10-4-3-5-11-20)18-27-24-16-8-13-21-12-6-7-15-23(21)24/h3-17,27H,2,18-19H2,1H3. The molecule has 0 heterocycles. The van der Waals surface area contributed by atoms with E-state index in [-0.39, 0.29) is 0 Å². The van der Waals surface area contributed by atoms with Gasteiger partial charge in [0.2, 0.25) is 0 Å². The van der Waals surface area contributed by atoms with Crippen molar-refractivity contribution in [1.82, 2.24) is 0 Å². The van der Waals surface area contributed by atoms with Crippen LogP contribution >= 0.6 is 0 Å². The summed E-state index contributed by atoms with van der Waals surface area (Å²) in [6.07, 6.45) is 0. The van der Waals surface area contributed by atoms with E-state index in [2.05, 4.69) is 66.0 Å². The van der Waals surface area contributed by atoms with Crippen LogP contribution in [-0.2, 0) is 13.2 Å². The number of benzene rings is 4. The Labute approximate surface area is 171 Å². The fraction of sp³-hybridized carbons (Fsp3) is 0.154. The minimum atomic E-state index is 0.506. The summed E-state index contributed by atoms with van der Waals surface area (Å²) in [7, 11) is 0. The minimum Gasteiger partial charge on any atom is -0.490 e. The maximum Gasteiger partial charge on any atom is 0.166 e. The monoisotopic (exact) mass is 383 g/mol. The minimum absolute atomic E-state index is 0.506. The van der Waals surface area contributed by atoms with Gasteiger partial charge in [0, 0.05) is 23.2 Å². The Kier molecular flexibility index (Phi) is 5.96. The number of hydrogen-bond donors (Lipinski definition) is 1. The van der Waals surface area contributed by atoms with Gasteiger partial charge in [0.25, 0.3) is 0 Å². The molecule has 0 radical (unpaired) electrons. The Morgan fingerprint density at radius 1 is 0.724 bits per heavy atom. The van der Waals surface area contributed by atoms with Crippen molar-refractivity contribution in [2.75, 3.05) is 11.9 Å². The van der Waals surface area contributed by atoms with E-state index in [9.17, 15) is 0 Å². The zero-order valence-electron chi connectivity index (χ0n) is 16.6. The second-order valence-corrected chi connectivity index (χ2v) is 6.83. The Hall–Kier alpha value is -3.46. The van der Waals surface area contributed by atoms with E-state index in [1.807, 2.05) is 37.3 Å². The summed E-state index contributed by atoms with van der Waals surface area (Å²) < 4.78 is 12.1. The van der Waals surface area contributed by atoms with E-state index in [1.165, 1.54) is 10.8 Å². The van der Waals surface area contributed by atoms with Gasteiger partial charge in [0.1, 0.15) is 6.61 Å². The number of fused-ring (bicyclic) bond motifs is 1. The Morgan fingerprint density at radius 2 is 1.48 bits per heavy atom. The molecule has 0 atom stereocenters. The average molecular weight is 383 g/mol. The highest BCUT2D eigenvalue weighted by atomic mass is 16.5. The summed E-state index contributed by atoms with van der Waals surface area (Å²) in [4.78, 5) is 0. The summed E-state index contributed by atoms with van der Waals surface area (Å²) in [5, 5.41) is 6.01. The third kappa shape index (κ3) is 4.52. The van der Waals surface area contributed by atoms with Crippen molar-refractivity contribution in [3.05, 3.63) is 102 Å². The van der Waals surface area contributed by atoms with Gasteiger partial charge in [-0.25, -0.2) is 0 Å². The fourth-order valence-corrected chi connectivity index (χ4v) is 3.43. The van der Waals surface area contributed by atoms with Crippen molar-refractivity contribution in [1.29, 1.82) is 0 Å². The fourth-order valence-electron chi connectivity index (χ4n) is 3.43. The van der Waals surface area contributed by atoms with Crippen molar-refractivity contribution < 1.29 is 9.47 Å². The molecule has 0 fully saturated rings. The zero-order chi connectivity index (χ0) is 19.9. The van der Waals surface area contributed by atoms with Crippen LogP contribution < -0.4 is 14.8 Å². The second-order valence-electron chi connectivity index (χ2n) is 6.83. The zero-order valence-corrected chi connectivity index (χ0v) is 16.6. The first-order valence-corrected chi connectivity index (χ1v) is 9.98. The molecule has 0 saturated carbocycles. The van der Waals surface area contributed by atoms with Crippen LogP contribution in [0.15, 0.2) is 91.0 Å². The molecular formula is C26H25NO2. The number of ether oxygens (including phenoxy) is 2. The van der Waals surface area contributed by atoms with Gasteiger partial charge in [-0.3, -0.25) is 0 Å². The number of nitrogens with one attached hydrogen (secondary N) is 1. The van der Waals surface area contributed by atoms with E-state index < -0.39 is 0 Å². The van der Waals surface area contributed by atoms with E-state index in [0.29, 0.717) is 19.8 Å². The molecule has 0 unspecified atom stereocenters. The van der Waals surface area contributed by atoms with Crippen LogP contribution in [-0.4, -0.2) is 6.61 Å². The van der Waals surface area contributed by atoms with Gasteiger partial charge in [-0.15, -0.1) is 0 Å². The first-order valence-electron chi connectivity index (χ1n) is 9.98. The number of rotatable bonds is 8. The lowest BCUT2D eigenvalue weighted by atomic mass is 10.1. The topological polar surface area (TPSA) is 30.5 Å². The molecule has 4 aromatic carbocycles. The van der Waals surface area contributed by atoms with Crippen molar-refractivity contribution in [2.24, 2.45) is 0 Å².